The van der Waals surface area contributed by atoms with E-state index in [0.717, 1.165) is 12.0 Å². The van der Waals surface area contributed by atoms with Crippen LogP contribution < -0.4 is 10.5 Å². The smallest absolute Gasteiger partial charge is 0.141 e. The van der Waals surface area contributed by atoms with Crippen molar-refractivity contribution in [3.63, 3.8) is 0 Å². The predicted octanol–water partition coefficient (Wildman–Crippen LogP) is 3.88. The van der Waals surface area contributed by atoms with E-state index in [9.17, 15) is 4.39 Å². The summed E-state index contributed by atoms with van der Waals surface area (Å²) in [6.07, 6.45) is 0.807. The minimum absolute atomic E-state index is 0.300. The van der Waals surface area contributed by atoms with E-state index in [-0.39, 0.29) is 5.82 Å². The van der Waals surface area contributed by atoms with Crippen LogP contribution in [0, 0.1) is 5.82 Å². The maximum atomic E-state index is 13.0. The summed E-state index contributed by atoms with van der Waals surface area (Å²) in [6, 6.07) is 12.0. The molecular weight excluding hydrogens is 297 g/mol. The van der Waals surface area contributed by atoms with E-state index >= 15 is 0 Å². The number of hydrogen-bond acceptors (Lipinski definition) is 2. The Hall–Kier alpha value is -1.39. The lowest BCUT2D eigenvalue weighted by Crippen LogP contribution is -2.02. The summed E-state index contributed by atoms with van der Waals surface area (Å²) in [5.74, 6) is 1.00. The van der Waals surface area contributed by atoms with Gasteiger partial charge in [0, 0.05) is 0 Å². The molecule has 2 N–H and O–H groups in total. The average molecular weight is 310 g/mol. The Balaban J connectivity index is 2.20. The van der Waals surface area contributed by atoms with Gasteiger partial charge in [0.1, 0.15) is 17.3 Å². The van der Waals surface area contributed by atoms with Crippen molar-refractivity contribution in [2.45, 2.75) is 6.42 Å². The van der Waals surface area contributed by atoms with Crippen LogP contribution in [0.1, 0.15) is 5.56 Å². The highest BCUT2D eigenvalue weighted by Gasteiger charge is 2.04. The van der Waals surface area contributed by atoms with Crippen LogP contribution in [-0.4, -0.2) is 6.54 Å². The molecule has 0 saturated heterocycles. The average Bonchev–Trinajstić information content (AvgIpc) is 2.34. The molecule has 0 saturated carbocycles. The first kappa shape index (κ1) is 13.1. The second-order valence-electron chi connectivity index (χ2n) is 3.86. The molecule has 0 amide bonds. The lowest BCUT2D eigenvalue weighted by atomic mass is 10.1. The normalized spacial score (nSPS) is 10.4. The Labute approximate surface area is 114 Å². The van der Waals surface area contributed by atoms with Gasteiger partial charge in [0.15, 0.2) is 0 Å². The minimum atomic E-state index is -0.300. The van der Waals surface area contributed by atoms with Crippen LogP contribution in [0.4, 0.5) is 4.39 Å². The van der Waals surface area contributed by atoms with Gasteiger partial charge in [0.2, 0.25) is 0 Å². The van der Waals surface area contributed by atoms with E-state index in [1.54, 1.807) is 6.07 Å². The quantitative estimate of drug-likeness (QED) is 0.930. The van der Waals surface area contributed by atoms with Crippen molar-refractivity contribution in [1.29, 1.82) is 0 Å². The zero-order valence-corrected chi connectivity index (χ0v) is 11.3. The van der Waals surface area contributed by atoms with Crippen LogP contribution in [0.5, 0.6) is 11.5 Å². The van der Waals surface area contributed by atoms with Gasteiger partial charge in [-0.1, -0.05) is 12.1 Å². The maximum Gasteiger partial charge on any atom is 0.141 e. The molecule has 0 heterocycles. The number of rotatable bonds is 4. The fourth-order valence-electron chi connectivity index (χ4n) is 1.62. The van der Waals surface area contributed by atoms with Crippen molar-refractivity contribution in [1.82, 2.24) is 0 Å². The van der Waals surface area contributed by atoms with Crippen LogP contribution in [0.15, 0.2) is 46.9 Å². The molecule has 0 spiro atoms. The third kappa shape index (κ3) is 3.31. The molecule has 0 aliphatic rings. The first-order chi connectivity index (χ1) is 8.69. The summed E-state index contributed by atoms with van der Waals surface area (Å²) in [7, 11) is 0. The zero-order valence-electron chi connectivity index (χ0n) is 9.70. The minimum Gasteiger partial charge on any atom is -0.456 e. The third-order valence-electron chi connectivity index (χ3n) is 2.45. The number of hydrogen-bond donors (Lipinski definition) is 1. The van der Waals surface area contributed by atoms with Crippen molar-refractivity contribution in [3.8, 4) is 11.5 Å². The molecule has 0 bridgehead atoms. The molecule has 94 valence electrons. The molecule has 0 aromatic heterocycles. The molecule has 2 aromatic rings. The van der Waals surface area contributed by atoms with Gasteiger partial charge in [0.25, 0.3) is 0 Å². The Bertz CT molecular complexity index is 545. The SMILES string of the molecule is NCCc1cccc(Oc2ccc(F)cc2Br)c1. The van der Waals surface area contributed by atoms with E-state index in [2.05, 4.69) is 15.9 Å². The lowest BCUT2D eigenvalue weighted by molar-refractivity contribution is 0.476. The Kier molecular flexibility index (Phi) is 4.33. The summed E-state index contributed by atoms with van der Waals surface area (Å²) in [6.45, 7) is 0.601. The Morgan fingerprint density at radius 3 is 2.72 bits per heavy atom. The van der Waals surface area contributed by atoms with Gasteiger partial charge >= 0.3 is 0 Å². The number of ether oxygens (including phenoxy) is 1. The topological polar surface area (TPSA) is 35.2 Å². The van der Waals surface area contributed by atoms with Crippen LogP contribution in [-0.2, 0) is 6.42 Å². The largest absolute Gasteiger partial charge is 0.456 e. The molecule has 18 heavy (non-hydrogen) atoms. The fourth-order valence-corrected chi connectivity index (χ4v) is 2.05. The van der Waals surface area contributed by atoms with Gasteiger partial charge in [-0.25, -0.2) is 4.39 Å². The molecule has 0 aliphatic heterocycles. The van der Waals surface area contributed by atoms with Crippen molar-refractivity contribution < 1.29 is 9.13 Å². The van der Waals surface area contributed by atoms with Crippen molar-refractivity contribution in [2.24, 2.45) is 5.73 Å². The number of nitrogens with two attached hydrogens (primary N) is 1. The third-order valence-corrected chi connectivity index (χ3v) is 3.07. The molecule has 2 nitrogen and oxygen atoms in total. The van der Waals surface area contributed by atoms with Crippen LogP contribution in [0.2, 0.25) is 0 Å². The van der Waals surface area contributed by atoms with Gasteiger partial charge < -0.3 is 10.5 Å². The van der Waals surface area contributed by atoms with E-state index in [1.165, 1.54) is 12.1 Å². The zero-order chi connectivity index (χ0) is 13.0. The monoisotopic (exact) mass is 309 g/mol. The standard InChI is InChI=1S/C14H13BrFNO/c15-13-9-11(16)4-5-14(13)18-12-3-1-2-10(8-12)6-7-17/h1-5,8-9H,6-7,17H2. The lowest BCUT2D eigenvalue weighted by Gasteiger charge is -2.09. The first-order valence-electron chi connectivity index (χ1n) is 5.61. The predicted molar refractivity (Wildman–Crippen MR) is 73.4 cm³/mol. The van der Waals surface area contributed by atoms with E-state index in [1.807, 2.05) is 24.3 Å². The molecule has 2 rings (SSSR count). The Morgan fingerprint density at radius 2 is 2.00 bits per heavy atom. The molecule has 0 aliphatic carbocycles. The van der Waals surface area contributed by atoms with Gasteiger partial charge in [-0.15, -0.1) is 0 Å². The van der Waals surface area contributed by atoms with Gasteiger partial charge in [0.05, 0.1) is 4.47 Å². The molecule has 4 heteroatoms. The van der Waals surface area contributed by atoms with E-state index in [0.29, 0.717) is 22.5 Å². The summed E-state index contributed by atoms with van der Waals surface area (Å²) >= 11 is 3.27. The molecule has 2 aromatic carbocycles. The van der Waals surface area contributed by atoms with Crippen LogP contribution in [0.3, 0.4) is 0 Å². The summed E-state index contributed by atoms with van der Waals surface area (Å²) < 4.78 is 19.2. The van der Waals surface area contributed by atoms with Crippen LogP contribution in [0.25, 0.3) is 0 Å². The first-order valence-corrected chi connectivity index (χ1v) is 6.40. The van der Waals surface area contributed by atoms with E-state index in [4.69, 9.17) is 10.5 Å². The second kappa shape index (κ2) is 5.98. The highest BCUT2D eigenvalue weighted by molar-refractivity contribution is 9.10. The van der Waals surface area contributed by atoms with Crippen molar-refractivity contribution >= 4 is 15.9 Å². The summed E-state index contributed by atoms with van der Waals surface area (Å²) in [4.78, 5) is 0. The molecule has 0 radical (unpaired) electrons. The van der Waals surface area contributed by atoms with Crippen molar-refractivity contribution in [3.05, 3.63) is 58.3 Å². The molecule has 0 atom stereocenters. The molecule has 0 unspecified atom stereocenters. The van der Waals surface area contributed by atoms with Crippen molar-refractivity contribution in [2.75, 3.05) is 6.54 Å². The highest BCUT2D eigenvalue weighted by atomic mass is 79.9. The van der Waals surface area contributed by atoms with Gasteiger partial charge in [-0.2, -0.15) is 0 Å². The maximum absolute atomic E-state index is 13.0. The van der Waals surface area contributed by atoms with Crippen LogP contribution >= 0.6 is 15.9 Å². The van der Waals surface area contributed by atoms with Gasteiger partial charge in [-0.3, -0.25) is 0 Å². The highest BCUT2D eigenvalue weighted by Crippen LogP contribution is 2.30. The second-order valence-corrected chi connectivity index (χ2v) is 4.72. The Morgan fingerprint density at radius 1 is 1.17 bits per heavy atom. The summed E-state index contributed by atoms with van der Waals surface area (Å²) in [5, 5.41) is 0. The molecule has 0 fully saturated rings. The van der Waals surface area contributed by atoms with Gasteiger partial charge in [-0.05, 0) is 64.8 Å². The van der Waals surface area contributed by atoms with E-state index < -0.39 is 0 Å². The number of benzene rings is 2. The number of halogens is 2. The molecular formula is C14H13BrFNO. The summed E-state index contributed by atoms with van der Waals surface area (Å²) in [5.41, 5.74) is 6.63. The fraction of sp³-hybridized carbons (Fsp3) is 0.143.